The molecule has 6 heteroatoms. The van der Waals surface area contributed by atoms with Gasteiger partial charge in [0.15, 0.2) is 5.82 Å². The van der Waals surface area contributed by atoms with E-state index in [1.165, 1.54) is 0 Å². The standard InChI is InChI=1S/C15H19N3O3/c1-9-6-7-11(13-16-10(2)18-21-13)8-12(9)17-14(19)20-15(3,4)5/h6-8H,1-5H3,(H,17,19). The Kier molecular flexibility index (Phi) is 3.97. The summed E-state index contributed by atoms with van der Waals surface area (Å²) < 4.78 is 10.4. The Balaban J connectivity index is 2.22. The lowest BCUT2D eigenvalue weighted by Gasteiger charge is -2.20. The number of carbonyl (C=O) groups is 1. The van der Waals surface area contributed by atoms with Crippen LogP contribution in [0.2, 0.25) is 0 Å². The van der Waals surface area contributed by atoms with Crippen LogP contribution in [0.25, 0.3) is 11.5 Å². The molecule has 0 unspecified atom stereocenters. The van der Waals surface area contributed by atoms with E-state index in [0.717, 1.165) is 11.1 Å². The molecule has 0 bridgehead atoms. The van der Waals surface area contributed by atoms with E-state index in [4.69, 9.17) is 9.26 Å². The minimum atomic E-state index is -0.542. The quantitative estimate of drug-likeness (QED) is 0.912. The monoisotopic (exact) mass is 289 g/mol. The van der Waals surface area contributed by atoms with Gasteiger partial charge < -0.3 is 9.26 Å². The van der Waals surface area contributed by atoms with E-state index < -0.39 is 11.7 Å². The molecule has 0 saturated carbocycles. The summed E-state index contributed by atoms with van der Waals surface area (Å²) >= 11 is 0. The fourth-order valence-corrected chi connectivity index (χ4v) is 1.72. The van der Waals surface area contributed by atoms with Crippen LogP contribution in [0.15, 0.2) is 22.7 Å². The van der Waals surface area contributed by atoms with Gasteiger partial charge >= 0.3 is 6.09 Å². The topological polar surface area (TPSA) is 77.2 Å². The minimum absolute atomic E-state index is 0.416. The molecule has 1 aromatic heterocycles. The van der Waals surface area contributed by atoms with E-state index >= 15 is 0 Å². The molecule has 1 aromatic carbocycles. The van der Waals surface area contributed by atoms with Crippen LogP contribution in [0.1, 0.15) is 32.2 Å². The maximum absolute atomic E-state index is 11.8. The van der Waals surface area contributed by atoms with Gasteiger partial charge in [0.05, 0.1) is 0 Å². The van der Waals surface area contributed by atoms with Crippen molar-refractivity contribution in [3.63, 3.8) is 0 Å². The van der Waals surface area contributed by atoms with Crippen molar-refractivity contribution in [3.05, 3.63) is 29.6 Å². The summed E-state index contributed by atoms with van der Waals surface area (Å²) in [5.74, 6) is 0.979. The highest BCUT2D eigenvalue weighted by Gasteiger charge is 2.17. The number of hydrogen-bond donors (Lipinski definition) is 1. The predicted octanol–water partition coefficient (Wildman–Crippen LogP) is 3.70. The SMILES string of the molecule is Cc1noc(-c2ccc(C)c(NC(=O)OC(C)(C)C)c2)n1. The third-order valence-electron chi connectivity index (χ3n) is 2.65. The lowest BCUT2D eigenvalue weighted by Crippen LogP contribution is -2.27. The van der Waals surface area contributed by atoms with Crippen LogP contribution >= 0.6 is 0 Å². The molecule has 1 amide bonds. The van der Waals surface area contributed by atoms with Crippen molar-refractivity contribution in [1.82, 2.24) is 10.1 Å². The van der Waals surface area contributed by atoms with Crippen LogP contribution in [0.5, 0.6) is 0 Å². The van der Waals surface area contributed by atoms with Gasteiger partial charge in [-0.2, -0.15) is 4.98 Å². The molecule has 6 nitrogen and oxygen atoms in total. The van der Waals surface area contributed by atoms with E-state index in [1.807, 2.05) is 39.8 Å². The lowest BCUT2D eigenvalue weighted by atomic mass is 10.1. The average Bonchev–Trinajstić information content (AvgIpc) is 2.76. The zero-order valence-electron chi connectivity index (χ0n) is 12.9. The zero-order valence-corrected chi connectivity index (χ0v) is 12.9. The number of hydrogen-bond acceptors (Lipinski definition) is 5. The highest BCUT2D eigenvalue weighted by atomic mass is 16.6. The van der Waals surface area contributed by atoms with Crippen molar-refractivity contribution in [2.24, 2.45) is 0 Å². The lowest BCUT2D eigenvalue weighted by molar-refractivity contribution is 0.0636. The van der Waals surface area contributed by atoms with Gasteiger partial charge in [-0.05, 0) is 52.3 Å². The summed E-state index contributed by atoms with van der Waals surface area (Å²) in [7, 11) is 0. The fraction of sp³-hybridized carbons (Fsp3) is 0.400. The highest BCUT2D eigenvalue weighted by Crippen LogP contribution is 2.24. The summed E-state index contributed by atoms with van der Waals surface area (Å²) in [6, 6.07) is 5.52. The van der Waals surface area contributed by atoms with E-state index in [9.17, 15) is 4.79 Å². The van der Waals surface area contributed by atoms with Crippen LogP contribution in [-0.4, -0.2) is 21.8 Å². The van der Waals surface area contributed by atoms with Crippen molar-refractivity contribution in [2.45, 2.75) is 40.2 Å². The number of nitrogens with one attached hydrogen (secondary N) is 1. The predicted molar refractivity (Wildman–Crippen MR) is 79.1 cm³/mol. The Morgan fingerprint density at radius 1 is 1.29 bits per heavy atom. The van der Waals surface area contributed by atoms with Gasteiger partial charge in [-0.1, -0.05) is 11.2 Å². The molecular formula is C15H19N3O3. The van der Waals surface area contributed by atoms with Gasteiger partial charge in [0.1, 0.15) is 5.60 Å². The van der Waals surface area contributed by atoms with Crippen molar-refractivity contribution in [1.29, 1.82) is 0 Å². The first-order chi connectivity index (χ1) is 9.74. The molecule has 2 aromatic rings. The van der Waals surface area contributed by atoms with Crippen LogP contribution in [0.4, 0.5) is 10.5 Å². The van der Waals surface area contributed by atoms with Gasteiger partial charge in [0.25, 0.3) is 5.89 Å². The largest absolute Gasteiger partial charge is 0.444 e. The van der Waals surface area contributed by atoms with Crippen molar-refractivity contribution < 1.29 is 14.1 Å². The molecule has 0 fully saturated rings. The fourth-order valence-electron chi connectivity index (χ4n) is 1.72. The van der Waals surface area contributed by atoms with Crippen LogP contribution in [0, 0.1) is 13.8 Å². The molecule has 0 spiro atoms. The average molecular weight is 289 g/mol. The molecule has 112 valence electrons. The molecular weight excluding hydrogens is 270 g/mol. The number of anilines is 1. The summed E-state index contributed by atoms with van der Waals surface area (Å²) in [5.41, 5.74) is 1.77. The maximum atomic E-state index is 11.8. The number of ether oxygens (including phenoxy) is 1. The second-order valence-corrected chi connectivity index (χ2v) is 5.80. The molecule has 1 N–H and O–H groups in total. The van der Waals surface area contributed by atoms with Gasteiger partial charge in [-0.15, -0.1) is 0 Å². The van der Waals surface area contributed by atoms with E-state index in [2.05, 4.69) is 15.5 Å². The Labute approximate surface area is 123 Å². The smallest absolute Gasteiger partial charge is 0.412 e. The molecule has 0 saturated heterocycles. The molecule has 0 atom stereocenters. The van der Waals surface area contributed by atoms with Gasteiger partial charge in [0, 0.05) is 11.3 Å². The number of amides is 1. The molecule has 0 radical (unpaired) electrons. The molecule has 21 heavy (non-hydrogen) atoms. The van der Waals surface area contributed by atoms with Crippen LogP contribution < -0.4 is 5.32 Å². The van der Waals surface area contributed by atoms with E-state index in [-0.39, 0.29) is 0 Å². The molecule has 0 aliphatic carbocycles. The normalized spacial score (nSPS) is 11.3. The van der Waals surface area contributed by atoms with Crippen molar-refractivity contribution >= 4 is 11.8 Å². The van der Waals surface area contributed by atoms with Crippen molar-refractivity contribution in [2.75, 3.05) is 5.32 Å². The van der Waals surface area contributed by atoms with E-state index in [1.54, 1.807) is 13.0 Å². The molecule has 2 rings (SSSR count). The maximum Gasteiger partial charge on any atom is 0.412 e. The Bertz CT molecular complexity index is 656. The summed E-state index contributed by atoms with van der Waals surface area (Å²) in [4.78, 5) is 16.0. The molecule has 0 aliphatic rings. The molecule has 1 heterocycles. The third kappa shape index (κ3) is 4.05. The Hall–Kier alpha value is -2.37. The Morgan fingerprint density at radius 2 is 2.00 bits per heavy atom. The number of benzene rings is 1. The van der Waals surface area contributed by atoms with Gasteiger partial charge in [0.2, 0.25) is 0 Å². The highest BCUT2D eigenvalue weighted by molar-refractivity contribution is 5.87. The first-order valence-corrected chi connectivity index (χ1v) is 6.66. The van der Waals surface area contributed by atoms with E-state index in [0.29, 0.717) is 17.4 Å². The zero-order chi connectivity index (χ0) is 15.6. The van der Waals surface area contributed by atoms with Crippen LogP contribution in [0.3, 0.4) is 0 Å². The first kappa shape index (κ1) is 15.0. The minimum Gasteiger partial charge on any atom is -0.444 e. The summed E-state index contributed by atoms with van der Waals surface area (Å²) in [5, 5.41) is 6.49. The van der Waals surface area contributed by atoms with Crippen molar-refractivity contribution in [3.8, 4) is 11.5 Å². The second kappa shape index (κ2) is 5.55. The Morgan fingerprint density at radius 3 is 2.57 bits per heavy atom. The first-order valence-electron chi connectivity index (χ1n) is 6.66. The summed E-state index contributed by atoms with van der Waals surface area (Å²) in [6.45, 7) is 9.10. The van der Waals surface area contributed by atoms with Crippen LogP contribution in [-0.2, 0) is 4.74 Å². The number of nitrogens with zero attached hydrogens (tertiary/aromatic N) is 2. The third-order valence-corrected chi connectivity index (χ3v) is 2.65. The summed E-state index contributed by atoms with van der Waals surface area (Å²) in [6.07, 6.45) is -0.496. The number of aromatic nitrogens is 2. The van der Waals surface area contributed by atoms with Gasteiger partial charge in [-0.3, -0.25) is 5.32 Å². The number of carbonyl (C=O) groups excluding carboxylic acids is 1. The number of aryl methyl sites for hydroxylation is 2. The number of rotatable bonds is 2. The second-order valence-electron chi connectivity index (χ2n) is 5.80. The molecule has 0 aliphatic heterocycles. The van der Waals surface area contributed by atoms with Gasteiger partial charge in [-0.25, -0.2) is 4.79 Å².